The summed E-state index contributed by atoms with van der Waals surface area (Å²) in [5, 5.41) is 15.4. The van der Waals surface area contributed by atoms with Gasteiger partial charge in [0.25, 0.3) is 5.91 Å². The van der Waals surface area contributed by atoms with Crippen molar-refractivity contribution < 1.29 is 19.5 Å². The number of likely N-dealkylation sites (N-methyl/N-ethyl adjacent to an activating group) is 1. The number of nitrogens with one attached hydrogen (secondary N) is 2. The van der Waals surface area contributed by atoms with Crippen molar-refractivity contribution in [1.82, 2.24) is 10.2 Å². The highest BCUT2D eigenvalue weighted by molar-refractivity contribution is 6.33. The van der Waals surface area contributed by atoms with Gasteiger partial charge in [-0.15, -0.1) is 0 Å². The lowest BCUT2D eigenvalue weighted by molar-refractivity contribution is -0.152. The van der Waals surface area contributed by atoms with Gasteiger partial charge in [0.1, 0.15) is 6.04 Å². The van der Waals surface area contributed by atoms with Gasteiger partial charge in [-0.05, 0) is 35.8 Å². The second-order valence-electron chi connectivity index (χ2n) is 8.53. The molecule has 1 aliphatic carbocycles. The Hall–Kier alpha value is -3.58. The molecule has 2 aromatic carbocycles. The molecule has 0 heterocycles. The number of urea groups is 1. The number of halogens is 1. The quantitative estimate of drug-likeness (QED) is 0.500. The largest absolute Gasteiger partial charge is 0.480 e. The Balaban J connectivity index is 1.93. The fourth-order valence-electron chi connectivity index (χ4n) is 4.03. The molecule has 2 aromatic rings. The van der Waals surface area contributed by atoms with E-state index in [0.29, 0.717) is 10.7 Å². The molecule has 0 saturated heterocycles. The zero-order valence-electron chi connectivity index (χ0n) is 19.2. The van der Waals surface area contributed by atoms with Crippen LogP contribution in [0, 0.1) is 5.92 Å². The van der Waals surface area contributed by atoms with Crippen LogP contribution in [0.5, 0.6) is 0 Å². The molecule has 0 bridgehead atoms. The SMILES string of the molecule is CC(C)[C@@H](C(=O)O)N(C)C(=O)C1(NC(=O)Nc2ccccc2Cl)C=CC(c2ccccc2)C=C1. The minimum atomic E-state index is -1.58. The average Bonchev–Trinajstić information content (AvgIpc) is 2.80. The van der Waals surface area contributed by atoms with Gasteiger partial charge < -0.3 is 20.6 Å². The number of carboxylic acids is 1. The van der Waals surface area contributed by atoms with Crippen LogP contribution in [0.3, 0.4) is 0 Å². The van der Waals surface area contributed by atoms with Crippen LogP contribution in [0.25, 0.3) is 0 Å². The second kappa shape index (κ2) is 10.6. The number of hydrogen-bond acceptors (Lipinski definition) is 3. The number of carbonyl (C=O) groups excluding carboxylic acids is 2. The Labute approximate surface area is 204 Å². The number of nitrogens with zero attached hydrogens (tertiary/aromatic N) is 1. The smallest absolute Gasteiger partial charge is 0.326 e. The van der Waals surface area contributed by atoms with E-state index < -0.39 is 29.5 Å². The summed E-state index contributed by atoms with van der Waals surface area (Å²) < 4.78 is 0. The number of benzene rings is 2. The van der Waals surface area contributed by atoms with E-state index in [-0.39, 0.29) is 11.8 Å². The molecule has 0 fully saturated rings. The van der Waals surface area contributed by atoms with Crippen molar-refractivity contribution in [2.24, 2.45) is 5.92 Å². The minimum absolute atomic E-state index is 0.0961. The molecule has 0 spiro atoms. The van der Waals surface area contributed by atoms with Crippen LogP contribution in [0.1, 0.15) is 25.3 Å². The molecular formula is C26H28ClN3O4. The summed E-state index contributed by atoms with van der Waals surface area (Å²) in [7, 11) is 1.43. The molecule has 178 valence electrons. The third-order valence-electron chi connectivity index (χ3n) is 5.74. The highest BCUT2D eigenvalue weighted by atomic mass is 35.5. The Bertz CT molecular complexity index is 1100. The molecule has 0 aromatic heterocycles. The van der Waals surface area contributed by atoms with Crippen molar-refractivity contribution in [3.05, 3.63) is 89.5 Å². The van der Waals surface area contributed by atoms with Gasteiger partial charge in [-0.2, -0.15) is 0 Å². The molecule has 8 heteroatoms. The number of rotatable bonds is 7. The Morgan fingerprint density at radius 2 is 1.59 bits per heavy atom. The van der Waals surface area contributed by atoms with Crippen LogP contribution in [-0.2, 0) is 9.59 Å². The summed E-state index contributed by atoms with van der Waals surface area (Å²) in [6, 6.07) is 14.7. The van der Waals surface area contributed by atoms with E-state index in [1.165, 1.54) is 11.9 Å². The van der Waals surface area contributed by atoms with Crippen molar-refractivity contribution in [3.63, 3.8) is 0 Å². The summed E-state index contributed by atoms with van der Waals surface area (Å²) in [6.07, 6.45) is 6.85. The van der Waals surface area contributed by atoms with Gasteiger partial charge in [-0.3, -0.25) is 4.79 Å². The van der Waals surface area contributed by atoms with Crippen molar-refractivity contribution in [2.75, 3.05) is 12.4 Å². The van der Waals surface area contributed by atoms with E-state index >= 15 is 0 Å². The standard InChI is InChI=1S/C26H28ClN3O4/c1-17(2)22(23(31)32)30(3)24(33)26(29-25(34)28-21-12-8-7-11-20(21)27)15-13-19(14-16-26)18-9-5-4-6-10-18/h4-17,19,22H,1-3H3,(H,31,32)(H2,28,29,34)/t19?,22-,26?/m0/s1. The predicted molar refractivity (Wildman–Crippen MR) is 133 cm³/mol. The number of anilines is 1. The van der Waals surface area contributed by atoms with Crippen LogP contribution in [0.15, 0.2) is 78.9 Å². The maximum Gasteiger partial charge on any atom is 0.326 e. The number of aliphatic carboxylic acids is 1. The average molecular weight is 482 g/mol. The molecular weight excluding hydrogens is 454 g/mol. The Morgan fingerprint density at radius 3 is 2.15 bits per heavy atom. The van der Waals surface area contributed by atoms with Crippen LogP contribution < -0.4 is 10.6 Å². The molecule has 7 nitrogen and oxygen atoms in total. The van der Waals surface area contributed by atoms with E-state index in [1.54, 1.807) is 50.3 Å². The fourth-order valence-corrected chi connectivity index (χ4v) is 4.21. The highest BCUT2D eigenvalue weighted by Crippen LogP contribution is 2.29. The first-order valence-electron chi connectivity index (χ1n) is 10.9. The highest BCUT2D eigenvalue weighted by Gasteiger charge is 2.43. The number of allylic oxidation sites excluding steroid dienone is 2. The summed E-state index contributed by atoms with van der Waals surface area (Å²) in [6.45, 7) is 3.45. The molecule has 3 amide bonds. The third-order valence-corrected chi connectivity index (χ3v) is 6.07. The van der Waals surface area contributed by atoms with Gasteiger partial charge in [0, 0.05) is 13.0 Å². The summed E-state index contributed by atoms with van der Waals surface area (Å²) in [5.41, 5.74) is -0.168. The normalized spacial score (nSPS) is 20.0. The predicted octanol–water partition coefficient (Wildman–Crippen LogP) is 4.68. The minimum Gasteiger partial charge on any atom is -0.480 e. The molecule has 1 aliphatic rings. The number of carbonyl (C=O) groups is 3. The molecule has 0 aliphatic heterocycles. The van der Waals surface area contributed by atoms with Gasteiger partial charge in [-0.1, -0.05) is 80.1 Å². The number of hydrogen-bond donors (Lipinski definition) is 3. The second-order valence-corrected chi connectivity index (χ2v) is 8.93. The fraction of sp³-hybridized carbons (Fsp3) is 0.269. The lowest BCUT2D eigenvalue weighted by Crippen LogP contribution is -2.61. The molecule has 3 rings (SSSR count). The summed E-state index contributed by atoms with van der Waals surface area (Å²) in [4.78, 5) is 39.6. The van der Waals surface area contributed by atoms with Crippen LogP contribution in [0.2, 0.25) is 5.02 Å². The Morgan fingerprint density at radius 1 is 1.00 bits per heavy atom. The van der Waals surface area contributed by atoms with E-state index in [2.05, 4.69) is 10.6 Å². The van der Waals surface area contributed by atoms with Crippen molar-refractivity contribution >= 4 is 35.2 Å². The summed E-state index contributed by atoms with van der Waals surface area (Å²) in [5.74, 6) is -2.12. The molecule has 0 unspecified atom stereocenters. The lowest BCUT2D eigenvalue weighted by atomic mass is 9.84. The summed E-state index contributed by atoms with van der Waals surface area (Å²) >= 11 is 6.15. The first-order valence-corrected chi connectivity index (χ1v) is 11.3. The monoisotopic (exact) mass is 481 g/mol. The Kier molecular flexibility index (Phi) is 7.79. The maximum atomic E-state index is 13.7. The first kappa shape index (κ1) is 25.1. The van der Waals surface area contributed by atoms with Crippen molar-refractivity contribution in [3.8, 4) is 0 Å². The van der Waals surface area contributed by atoms with Crippen LogP contribution in [-0.4, -0.2) is 46.5 Å². The van der Waals surface area contributed by atoms with Crippen molar-refractivity contribution in [1.29, 1.82) is 0 Å². The van der Waals surface area contributed by atoms with Gasteiger partial charge in [0.2, 0.25) is 0 Å². The van der Waals surface area contributed by atoms with E-state index in [9.17, 15) is 19.5 Å². The number of para-hydroxylation sites is 1. The van der Waals surface area contributed by atoms with E-state index in [1.807, 2.05) is 42.5 Å². The van der Waals surface area contributed by atoms with E-state index in [0.717, 1.165) is 5.56 Å². The van der Waals surface area contributed by atoms with Gasteiger partial charge >= 0.3 is 12.0 Å². The maximum absolute atomic E-state index is 13.7. The molecule has 0 saturated carbocycles. The topological polar surface area (TPSA) is 98.7 Å². The molecule has 34 heavy (non-hydrogen) atoms. The van der Waals surface area contributed by atoms with Crippen molar-refractivity contribution in [2.45, 2.75) is 31.3 Å². The number of amides is 3. The van der Waals surface area contributed by atoms with Crippen LogP contribution in [0.4, 0.5) is 10.5 Å². The number of carboxylic acid groups (broad SMARTS) is 1. The van der Waals surface area contributed by atoms with E-state index in [4.69, 9.17) is 11.6 Å². The first-order chi connectivity index (χ1) is 16.1. The van der Waals surface area contributed by atoms with Gasteiger partial charge in [-0.25, -0.2) is 9.59 Å². The third kappa shape index (κ3) is 5.48. The zero-order chi connectivity index (χ0) is 24.9. The molecule has 0 radical (unpaired) electrons. The molecule has 1 atom stereocenters. The molecule has 3 N–H and O–H groups in total. The van der Waals surface area contributed by atoms with Gasteiger partial charge in [0.15, 0.2) is 5.54 Å². The van der Waals surface area contributed by atoms with Crippen LogP contribution >= 0.6 is 11.6 Å². The zero-order valence-corrected chi connectivity index (χ0v) is 20.0. The lowest BCUT2D eigenvalue weighted by Gasteiger charge is -2.37. The van der Waals surface area contributed by atoms with Gasteiger partial charge in [0.05, 0.1) is 10.7 Å².